The van der Waals surface area contributed by atoms with Crippen molar-refractivity contribution in [2.24, 2.45) is 16.8 Å². The third-order valence-corrected chi connectivity index (χ3v) is 14.8. The smallest absolute Gasteiger partial charge is 0.328 e. The molecule has 0 radical (unpaired) electrons. The Bertz CT molecular complexity index is 3660. The van der Waals surface area contributed by atoms with Crippen molar-refractivity contribution in [3.05, 3.63) is 167 Å². The fourth-order valence-corrected chi connectivity index (χ4v) is 10.2. The van der Waals surface area contributed by atoms with E-state index in [2.05, 4.69) is 85.7 Å². The van der Waals surface area contributed by atoms with E-state index in [1.54, 1.807) is 14.2 Å². The second kappa shape index (κ2) is 22.6. The van der Waals surface area contributed by atoms with Gasteiger partial charge in [0.2, 0.25) is 0 Å². The Labute approximate surface area is 437 Å². The Balaban J connectivity index is 1.51. The van der Waals surface area contributed by atoms with E-state index >= 15 is 0 Å². The van der Waals surface area contributed by atoms with Crippen molar-refractivity contribution in [1.29, 1.82) is 10.5 Å². The van der Waals surface area contributed by atoms with Gasteiger partial charge in [0.1, 0.15) is 45.7 Å². The summed E-state index contributed by atoms with van der Waals surface area (Å²) < 4.78 is 27.0. The number of H-pyrrole nitrogens is 1. The molecule has 0 saturated carbocycles. The van der Waals surface area contributed by atoms with E-state index in [-0.39, 0.29) is 0 Å². The van der Waals surface area contributed by atoms with E-state index in [1.165, 1.54) is 11.3 Å². The molecule has 2 atom stereocenters. The number of fused-ring (bicyclic) bond motifs is 2. The monoisotopic (exact) mass is 994 g/mol. The van der Waals surface area contributed by atoms with Crippen LogP contribution >= 0.6 is 11.3 Å². The Kier molecular flexibility index (Phi) is 15.5. The van der Waals surface area contributed by atoms with Crippen molar-refractivity contribution >= 4 is 72.6 Å². The van der Waals surface area contributed by atoms with Crippen LogP contribution in [0, 0.1) is 41.4 Å². The van der Waals surface area contributed by atoms with Crippen LogP contribution < -0.4 is 40.6 Å². The van der Waals surface area contributed by atoms with Crippen LogP contribution in [0.15, 0.2) is 151 Å². The number of hydrogen-bond acceptors (Lipinski definition) is 9. The number of aromatic amines is 1. The highest BCUT2D eigenvalue weighted by molar-refractivity contribution is 7.19. The van der Waals surface area contributed by atoms with Gasteiger partial charge < -0.3 is 28.4 Å². The third kappa shape index (κ3) is 10.3. The minimum Gasteiger partial charge on any atom is -0.497 e. The zero-order valence-electron chi connectivity index (χ0n) is 43.2. The molecule has 0 saturated heterocycles. The summed E-state index contributed by atoms with van der Waals surface area (Å²) in [6.45, 7) is 13.2. The van der Waals surface area contributed by atoms with Gasteiger partial charge in [-0.3, -0.25) is 4.99 Å². The van der Waals surface area contributed by atoms with E-state index in [0.29, 0.717) is 80.5 Å². The summed E-state index contributed by atoms with van der Waals surface area (Å²) in [6, 6.07) is 53.8. The van der Waals surface area contributed by atoms with Crippen LogP contribution in [0.3, 0.4) is 0 Å². The lowest BCUT2D eigenvalue weighted by molar-refractivity contribution is 0.256. The van der Waals surface area contributed by atoms with Crippen molar-refractivity contribution < 1.29 is 18.9 Å². The lowest BCUT2D eigenvalue weighted by Crippen LogP contribution is -2.53. The lowest BCUT2D eigenvalue weighted by Gasteiger charge is -2.22. The highest BCUT2D eigenvalue weighted by atomic mass is 32.1. The molecule has 10 nitrogen and oxygen atoms in total. The van der Waals surface area contributed by atoms with E-state index in [1.807, 2.05) is 123 Å². The number of nitrogens with zero attached hydrogens (tertiary/aromatic N) is 5. The standard InChI is InChI=1S/C62H59BN6O4S/c1-9-39(3)37-72-47-25-21-43(22-26-47)58-56-57(59(68-58)51(35-64)42(6)66-53-31-29-49(70-7)33-41(53)5)60(44-23-27-48(28-24-44)73-38-40(4)10-2)69(63(45-17-13-11-14-18-45)46-19-15-12-16-20-46)61(56)52(36-65)62-67-54-32-30-50(71-8)34-55(54)74-62/h11-34,39-40,68H,9-10,37-38H2,1-8H3/b59-51-,61-52-,66-42?. The highest BCUT2D eigenvalue weighted by Gasteiger charge is 2.33. The molecule has 0 bridgehead atoms. The molecule has 0 fully saturated rings. The predicted octanol–water partition coefficient (Wildman–Crippen LogP) is 11.9. The quantitative estimate of drug-likeness (QED) is 0.0669. The number of aryl methyl sites for hydroxylation is 1. The number of ether oxygens (including phenoxy) is 4. The van der Waals surface area contributed by atoms with Crippen molar-refractivity contribution in [2.75, 3.05) is 27.4 Å². The Morgan fingerprint density at radius 3 is 1.80 bits per heavy atom. The SMILES string of the molecule is CCC(C)COc1ccc(-c2[nH]/c(=C(/C#N)C(C)=Nc3ccc(OC)cc3C)c3c(-c4ccc(OCC(C)CC)cc4)n(B(c4ccccc4)c4ccccc4)/c(=C(/C#N)c4nc5ccc(OC)cc5s4)c23)cc1. The predicted molar refractivity (Wildman–Crippen MR) is 303 cm³/mol. The van der Waals surface area contributed by atoms with E-state index < -0.39 is 6.85 Å². The van der Waals surface area contributed by atoms with Crippen molar-refractivity contribution in [2.45, 2.75) is 54.4 Å². The lowest BCUT2D eigenvalue weighted by atomic mass is 9.50. The normalized spacial score (nSPS) is 13.2. The summed E-state index contributed by atoms with van der Waals surface area (Å²) >= 11 is 1.44. The van der Waals surface area contributed by atoms with Gasteiger partial charge in [0, 0.05) is 16.5 Å². The van der Waals surface area contributed by atoms with Crippen LogP contribution in [-0.4, -0.2) is 54.4 Å². The molecule has 0 aliphatic heterocycles. The fraction of sp³-hybridized carbons (Fsp3) is 0.226. The molecule has 9 rings (SSSR count). The Morgan fingerprint density at radius 2 is 1.26 bits per heavy atom. The molecule has 74 heavy (non-hydrogen) atoms. The van der Waals surface area contributed by atoms with Crippen LogP contribution in [0.5, 0.6) is 23.0 Å². The first kappa shape index (κ1) is 50.6. The maximum atomic E-state index is 11.9. The van der Waals surface area contributed by atoms with E-state index in [0.717, 1.165) is 78.6 Å². The van der Waals surface area contributed by atoms with Gasteiger partial charge in [-0.15, -0.1) is 11.3 Å². The molecule has 3 aromatic heterocycles. The van der Waals surface area contributed by atoms with Crippen LogP contribution in [0.4, 0.5) is 5.69 Å². The minimum absolute atomic E-state index is 0.338. The number of methoxy groups -OCH3 is 2. The molecule has 0 aliphatic rings. The summed E-state index contributed by atoms with van der Waals surface area (Å²) in [7, 11) is 3.28. The van der Waals surface area contributed by atoms with E-state index in [4.69, 9.17) is 28.9 Å². The molecule has 0 aliphatic carbocycles. The number of nitrogens with one attached hydrogen (secondary N) is 1. The zero-order chi connectivity index (χ0) is 51.9. The summed E-state index contributed by atoms with van der Waals surface area (Å²) in [6.07, 6.45) is 2.00. The van der Waals surface area contributed by atoms with Gasteiger partial charge in [-0.2, -0.15) is 10.5 Å². The van der Waals surface area contributed by atoms with Gasteiger partial charge in [-0.05, 0) is 127 Å². The molecular formula is C62H59BN6O4S. The van der Waals surface area contributed by atoms with Crippen molar-refractivity contribution in [3.63, 3.8) is 0 Å². The summed E-state index contributed by atoms with van der Waals surface area (Å²) in [5.41, 5.74) is 8.71. The van der Waals surface area contributed by atoms with Gasteiger partial charge in [-0.25, -0.2) is 4.98 Å². The number of aliphatic imine (C=N–C) groups is 1. The van der Waals surface area contributed by atoms with Crippen LogP contribution in [0.25, 0.3) is 54.7 Å². The topological polar surface area (TPSA) is 130 Å². The average Bonchev–Trinajstić information content (AvgIpc) is 4.14. The molecule has 9 aromatic rings. The first-order valence-corrected chi connectivity index (χ1v) is 26.0. The largest absolute Gasteiger partial charge is 0.497 e. The minimum atomic E-state index is -0.492. The summed E-state index contributed by atoms with van der Waals surface area (Å²) in [5, 5.41) is 26.7. The number of rotatable bonds is 18. The highest BCUT2D eigenvalue weighted by Crippen LogP contribution is 2.37. The summed E-state index contributed by atoms with van der Waals surface area (Å²) in [5.74, 6) is 3.67. The molecule has 3 heterocycles. The number of nitriles is 2. The van der Waals surface area contributed by atoms with Crippen molar-refractivity contribution in [1.82, 2.24) is 14.4 Å². The summed E-state index contributed by atoms with van der Waals surface area (Å²) in [4.78, 5) is 14.2. The van der Waals surface area contributed by atoms with Crippen molar-refractivity contribution in [3.8, 4) is 57.7 Å². The van der Waals surface area contributed by atoms with Gasteiger partial charge in [0.15, 0.2) is 0 Å². The Hall–Kier alpha value is -8.32. The fourth-order valence-electron chi connectivity index (χ4n) is 9.19. The molecule has 0 spiro atoms. The van der Waals surface area contributed by atoms with Gasteiger partial charge in [0.05, 0.1) is 71.0 Å². The first-order valence-electron chi connectivity index (χ1n) is 25.1. The number of thiazole rings is 1. The number of hydrogen-bond donors (Lipinski definition) is 1. The third-order valence-electron chi connectivity index (χ3n) is 13.8. The molecule has 0 amide bonds. The second-order valence-corrected chi connectivity index (χ2v) is 19.8. The van der Waals surface area contributed by atoms with E-state index in [9.17, 15) is 10.5 Å². The first-order chi connectivity index (χ1) is 36.1. The van der Waals surface area contributed by atoms with Crippen LogP contribution in [-0.2, 0) is 0 Å². The number of benzene rings is 6. The molecule has 12 heteroatoms. The van der Waals surface area contributed by atoms with Crippen LogP contribution in [0.1, 0.15) is 58.0 Å². The maximum absolute atomic E-state index is 11.9. The van der Waals surface area contributed by atoms with Gasteiger partial charge in [0.25, 0.3) is 0 Å². The van der Waals surface area contributed by atoms with Gasteiger partial charge >= 0.3 is 6.85 Å². The molecule has 370 valence electrons. The molecular weight excluding hydrogens is 936 g/mol. The number of aromatic nitrogens is 3. The van der Waals surface area contributed by atoms with Crippen LogP contribution in [0.2, 0.25) is 0 Å². The average molecular weight is 995 g/mol. The van der Waals surface area contributed by atoms with Gasteiger partial charge in [-0.1, -0.05) is 112 Å². The molecule has 6 aromatic carbocycles. The molecule has 2 unspecified atom stereocenters. The molecule has 1 N–H and O–H groups in total. The second-order valence-electron chi connectivity index (χ2n) is 18.8. The zero-order valence-corrected chi connectivity index (χ0v) is 44.0. The Morgan fingerprint density at radius 1 is 0.703 bits per heavy atom. The maximum Gasteiger partial charge on any atom is 0.328 e.